The summed E-state index contributed by atoms with van der Waals surface area (Å²) in [7, 11) is -2.57. The number of nitrogens with zero attached hydrogens (tertiary/aromatic N) is 1. The summed E-state index contributed by atoms with van der Waals surface area (Å²) in [4.78, 5) is 15.1. The van der Waals surface area contributed by atoms with Crippen molar-refractivity contribution in [3.8, 4) is 5.75 Å². The second-order valence-corrected chi connectivity index (χ2v) is 8.13. The molecule has 0 aliphatic heterocycles. The number of ether oxygens (including phenoxy) is 1. The van der Waals surface area contributed by atoms with Crippen molar-refractivity contribution < 1.29 is 31.1 Å². The molecule has 7 nitrogen and oxygen atoms in total. The van der Waals surface area contributed by atoms with Crippen LogP contribution in [0.3, 0.4) is 0 Å². The van der Waals surface area contributed by atoms with Gasteiger partial charge in [0.1, 0.15) is 5.75 Å². The number of aromatic nitrogens is 1. The summed E-state index contributed by atoms with van der Waals surface area (Å²) >= 11 is 0. The fourth-order valence-electron chi connectivity index (χ4n) is 3.28. The molecule has 1 aromatic heterocycles. The number of benzene rings is 1. The van der Waals surface area contributed by atoms with E-state index in [2.05, 4.69) is 9.71 Å². The number of sulfonamides is 1. The van der Waals surface area contributed by atoms with E-state index in [-0.39, 0.29) is 29.8 Å². The second kappa shape index (κ2) is 7.90. The van der Waals surface area contributed by atoms with Gasteiger partial charge in [0.2, 0.25) is 0 Å². The predicted octanol–water partition coefficient (Wildman–Crippen LogP) is 2.43. The number of anilines is 1. The summed E-state index contributed by atoms with van der Waals surface area (Å²) in [6.45, 7) is 0. The number of halogens is 3. The van der Waals surface area contributed by atoms with Crippen molar-refractivity contribution in [2.75, 3.05) is 11.8 Å². The predicted molar refractivity (Wildman–Crippen MR) is 98.1 cm³/mol. The second-order valence-electron chi connectivity index (χ2n) is 6.48. The van der Waals surface area contributed by atoms with E-state index in [9.17, 15) is 26.4 Å². The first-order valence-corrected chi connectivity index (χ1v) is 10.1. The summed E-state index contributed by atoms with van der Waals surface area (Å²) in [5, 5.41) is 1.96. The van der Waals surface area contributed by atoms with Crippen LogP contribution in [0.4, 0.5) is 18.9 Å². The van der Waals surface area contributed by atoms with E-state index >= 15 is 0 Å². The zero-order valence-corrected chi connectivity index (χ0v) is 16.1. The number of rotatable bonds is 5. The Hall–Kier alpha value is -2.82. The van der Waals surface area contributed by atoms with Gasteiger partial charge in [-0.3, -0.25) is 14.5 Å². The smallest absolute Gasteiger partial charge is 0.471 e. The average Bonchev–Trinajstić information content (AvgIpc) is 2.66. The fraction of sp³-hybridized carbons (Fsp3) is 0.333. The minimum absolute atomic E-state index is 0.0118. The highest BCUT2D eigenvalue weighted by atomic mass is 32.2. The van der Waals surface area contributed by atoms with Gasteiger partial charge in [-0.05, 0) is 49.1 Å². The van der Waals surface area contributed by atoms with Gasteiger partial charge in [-0.15, -0.1) is 0 Å². The molecule has 29 heavy (non-hydrogen) atoms. The molecule has 3 rings (SSSR count). The van der Waals surface area contributed by atoms with E-state index in [4.69, 9.17) is 4.74 Å². The van der Waals surface area contributed by atoms with E-state index < -0.39 is 28.1 Å². The van der Waals surface area contributed by atoms with Gasteiger partial charge in [-0.25, -0.2) is 8.42 Å². The number of carbonyl (C=O) groups is 1. The molecule has 1 aromatic carbocycles. The minimum atomic E-state index is -4.98. The lowest BCUT2D eigenvalue weighted by molar-refractivity contribution is -0.174. The number of carbonyl (C=O) groups excluding carboxylic acids is 1. The number of fused-ring (bicyclic) bond motifs is 1. The van der Waals surface area contributed by atoms with Crippen LogP contribution in [0, 0.1) is 0 Å². The number of nitrogens with one attached hydrogen (secondary N) is 2. The van der Waals surface area contributed by atoms with Crippen LogP contribution in [-0.4, -0.2) is 38.6 Å². The standard InChI is InChI=1S/C18H18F3N3O4S/c1-28-15-6-7-16(29(26,27)24-12-3-2-8-22-10-12)13-5-4-11(9-14(13)15)23-17(25)18(19,20)21/h2-3,6-8,10-11,24H,4-5,9H2,1H3,(H,23,25)/t11-/m0/s1. The lowest BCUT2D eigenvalue weighted by Crippen LogP contribution is -2.45. The Kier molecular flexibility index (Phi) is 5.69. The number of pyridine rings is 1. The van der Waals surface area contributed by atoms with E-state index in [1.165, 1.54) is 31.6 Å². The van der Waals surface area contributed by atoms with Gasteiger partial charge in [0.15, 0.2) is 0 Å². The third kappa shape index (κ3) is 4.61. The summed E-state index contributed by atoms with van der Waals surface area (Å²) in [5.74, 6) is -1.67. The fourth-order valence-corrected chi connectivity index (χ4v) is 4.62. The molecule has 1 atom stereocenters. The molecule has 2 N–H and O–H groups in total. The maximum Gasteiger partial charge on any atom is 0.471 e. The third-order valence-electron chi connectivity index (χ3n) is 4.55. The van der Waals surface area contributed by atoms with Gasteiger partial charge in [0.05, 0.1) is 23.9 Å². The SMILES string of the molecule is COc1ccc(S(=O)(=O)Nc2cccnc2)c2c1C[C@@H](NC(=O)C(F)(F)F)CC2. The molecule has 0 radical (unpaired) electrons. The molecule has 1 aliphatic carbocycles. The molecule has 0 unspecified atom stereocenters. The van der Waals surface area contributed by atoms with Crippen LogP contribution in [0.2, 0.25) is 0 Å². The first-order valence-electron chi connectivity index (χ1n) is 8.61. The van der Waals surface area contributed by atoms with Crippen LogP contribution in [0.1, 0.15) is 17.5 Å². The van der Waals surface area contributed by atoms with Gasteiger partial charge < -0.3 is 10.1 Å². The Labute approximate surface area is 165 Å². The lowest BCUT2D eigenvalue weighted by Gasteiger charge is -2.28. The van der Waals surface area contributed by atoms with Crippen molar-refractivity contribution >= 4 is 21.6 Å². The number of methoxy groups -OCH3 is 1. The largest absolute Gasteiger partial charge is 0.496 e. The van der Waals surface area contributed by atoms with Gasteiger partial charge >= 0.3 is 12.1 Å². The summed E-state index contributed by atoms with van der Waals surface area (Å²) in [6, 6.07) is 5.18. The zero-order chi connectivity index (χ0) is 21.2. The monoisotopic (exact) mass is 429 g/mol. The molecule has 1 amide bonds. The number of hydrogen-bond acceptors (Lipinski definition) is 5. The number of alkyl halides is 3. The normalized spacial score (nSPS) is 16.6. The highest BCUT2D eigenvalue weighted by Gasteiger charge is 2.40. The molecule has 0 fully saturated rings. The van der Waals surface area contributed by atoms with Crippen LogP contribution < -0.4 is 14.8 Å². The van der Waals surface area contributed by atoms with Gasteiger partial charge in [0, 0.05) is 17.8 Å². The minimum Gasteiger partial charge on any atom is -0.496 e. The Morgan fingerprint density at radius 3 is 2.62 bits per heavy atom. The highest BCUT2D eigenvalue weighted by Crippen LogP contribution is 2.35. The Bertz CT molecular complexity index is 1010. The zero-order valence-electron chi connectivity index (χ0n) is 15.3. The van der Waals surface area contributed by atoms with E-state index in [0.29, 0.717) is 16.9 Å². The van der Waals surface area contributed by atoms with E-state index in [0.717, 1.165) is 0 Å². The molecule has 11 heteroatoms. The topological polar surface area (TPSA) is 97.4 Å². The average molecular weight is 429 g/mol. The van der Waals surface area contributed by atoms with Crippen molar-refractivity contribution in [1.82, 2.24) is 10.3 Å². The summed E-state index contributed by atoms with van der Waals surface area (Å²) < 4.78 is 71.1. The van der Waals surface area contributed by atoms with Gasteiger partial charge in [-0.1, -0.05) is 0 Å². The molecule has 2 aromatic rings. The molecule has 0 saturated heterocycles. The Morgan fingerprint density at radius 1 is 1.24 bits per heavy atom. The molecule has 0 saturated carbocycles. The van der Waals surface area contributed by atoms with Crippen molar-refractivity contribution in [2.24, 2.45) is 0 Å². The van der Waals surface area contributed by atoms with Crippen LogP contribution >= 0.6 is 0 Å². The lowest BCUT2D eigenvalue weighted by atomic mass is 9.87. The summed E-state index contributed by atoms with van der Waals surface area (Å²) in [5.41, 5.74) is 1.20. The Morgan fingerprint density at radius 2 is 2.00 bits per heavy atom. The van der Waals surface area contributed by atoms with Crippen molar-refractivity contribution in [2.45, 2.75) is 36.4 Å². The summed E-state index contributed by atoms with van der Waals surface area (Å²) in [6.07, 6.45) is -1.77. The van der Waals surface area contributed by atoms with Crippen LogP contribution in [0.15, 0.2) is 41.6 Å². The van der Waals surface area contributed by atoms with E-state index in [1.54, 1.807) is 12.1 Å². The van der Waals surface area contributed by atoms with Crippen molar-refractivity contribution in [3.05, 3.63) is 47.8 Å². The molecular weight excluding hydrogens is 411 g/mol. The Balaban J connectivity index is 1.92. The van der Waals surface area contributed by atoms with Crippen LogP contribution in [0.5, 0.6) is 5.75 Å². The maximum absolute atomic E-state index is 12.9. The number of amides is 1. The third-order valence-corrected chi connectivity index (χ3v) is 6.02. The molecule has 1 heterocycles. The molecule has 156 valence electrons. The molecule has 0 bridgehead atoms. The van der Waals surface area contributed by atoms with Crippen LogP contribution in [0.25, 0.3) is 0 Å². The van der Waals surface area contributed by atoms with E-state index in [1.807, 2.05) is 5.32 Å². The molecular formula is C18H18F3N3O4S. The van der Waals surface area contributed by atoms with Gasteiger partial charge in [-0.2, -0.15) is 13.2 Å². The maximum atomic E-state index is 12.9. The number of hydrogen-bond donors (Lipinski definition) is 2. The van der Waals surface area contributed by atoms with Gasteiger partial charge in [0.25, 0.3) is 10.0 Å². The quantitative estimate of drug-likeness (QED) is 0.761. The van der Waals surface area contributed by atoms with Crippen LogP contribution in [-0.2, 0) is 27.7 Å². The van der Waals surface area contributed by atoms with Crippen molar-refractivity contribution in [1.29, 1.82) is 0 Å². The first kappa shape index (κ1) is 20.9. The van der Waals surface area contributed by atoms with Crippen molar-refractivity contribution in [3.63, 3.8) is 0 Å². The first-order chi connectivity index (χ1) is 13.6. The molecule has 1 aliphatic rings. The highest BCUT2D eigenvalue weighted by molar-refractivity contribution is 7.92. The molecule has 0 spiro atoms.